The van der Waals surface area contributed by atoms with Crippen LogP contribution in [0.25, 0.3) is 11.1 Å². The molecule has 1 aromatic heterocycles. The second kappa shape index (κ2) is 18.7. The summed E-state index contributed by atoms with van der Waals surface area (Å²) < 4.78 is 13.3. The molecule has 2 amide bonds. The largest absolute Gasteiger partial charge is 0.392 e. The van der Waals surface area contributed by atoms with E-state index in [2.05, 4.69) is 55.4 Å². The van der Waals surface area contributed by atoms with Gasteiger partial charge in [0.25, 0.3) is 0 Å². The van der Waals surface area contributed by atoms with Gasteiger partial charge in [-0.3, -0.25) is 19.7 Å². The molecular weight excluding hydrogens is 660 g/mol. The second-order valence-corrected chi connectivity index (χ2v) is 13.3. The van der Waals surface area contributed by atoms with Gasteiger partial charge in [-0.1, -0.05) is 79.2 Å². The third-order valence-corrected chi connectivity index (χ3v) is 9.70. The quantitative estimate of drug-likeness (QED) is 0.0749. The first kappa shape index (κ1) is 37.1. The summed E-state index contributed by atoms with van der Waals surface area (Å²) in [7, 11) is 0. The van der Waals surface area contributed by atoms with Crippen molar-refractivity contribution in [2.75, 3.05) is 37.6 Å². The summed E-state index contributed by atoms with van der Waals surface area (Å²) in [5.74, 6) is 0.320. The van der Waals surface area contributed by atoms with Crippen molar-refractivity contribution in [1.29, 1.82) is 0 Å². The third kappa shape index (κ3) is 10.2. The van der Waals surface area contributed by atoms with Crippen LogP contribution in [0.4, 0.5) is 5.95 Å². The summed E-state index contributed by atoms with van der Waals surface area (Å²) in [5.41, 5.74) is 7.56. The van der Waals surface area contributed by atoms with E-state index in [-0.39, 0.29) is 31.1 Å². The Morgan fingerprint density at radius 1 is 0.788 bits per heavy atom. The zero-order valence-corrected chi connectivity index (χ0v) is 29.4. The molecule has 2 saturated heterocycles. The van der Waals surface area contributed by atoms with Crippen molar-refractivity contribution in [3.63, 3.8) is 0 Å². The van der Waals surface area contributed by atoms with Crippen LogP contribution in [-0.4, -0.2) is 75.8 Å². The summed E-state index contributed by atoms with van der Waals surface area (Å²) in [6.45, 7) is 4.66. The van der Waals surface area contributed by atoms with Crippen LogP contribution in [0.3, 0.4) is 0 Å². The minimum atomic E-state index is -0.554. The number of nitrogens with zero attached hydrogens (tertiary/aromatic N) is 4. The number of hydrogen-bond donors (Lipinski definition) is 4. The Hall–Kier alpha value is -4.72. The molecule has 0 bridgehead atoms. The number of anilines is 1. The molecule has 3 unspecified atom stereocenters. The summed E-state index contributed by atoms with van der Waals surface area (Å²) in [4.78, 5) is 37.2. The maximum Gasteiger partial charge on any atom is 0.243 e. The van der Waals surface area contributed by atoms with E-state index >= 15 is 0 Å². The highest BCUT2D eigenvalue weighted by molar-refractivity contribution is 5.76. The minimum absolute atomic E-state index is 0.00292. The van der Waals surface area contributed by atoms with Gasteiger partial charge in [0, 0.05) is 76.5 Å². The maximum absolute atomic E-state index is 12.5. The van der Waals surface area contributed by atoms with Crippen LogP contribution in [0.2, 0.25) is 0 Å². The summed E-state index contributed by atoms with van der Waals surface area (Å²) in [6, 6.07) is 26.1. The molecule has 2 aliphatic rings. The lowest BCUT2D eigenvalue weighted by atomic mass is 9.97. The van der Waals surface area contributed by atoms with Crippen molar-refractivity contribution < 1.29 is 29.4 Å². The molecule has 0 radical (unpaired) electrons. The molecule has 12 heteroatoms. The number of hydroxylamine groups is 1. The zero-order valence-electron chi connectivity index (χ0n) is 29.4. The van der Waals surface area contributed by atoms with Crippen molar-refractivity contribution in [3.05, 3.63) is 114 Å². The van der Waals surface area contributed by atoms with Crippen LogP contribution >= 0.6 is 0 Å². The zero-order chi connectivity index (χ0) is 36.1. The smallest absolute Gasteiger partial charge is 0.243 e. The predicted molar refractivity (Wildman–Crippen MR) is 196 cm³/mol. The number of aliphatic hydroxyl groups is 1. The molecule has 52 heavy (non-hydrogen) atoms. The predicted octanol–water partition coefficient (Wildman–Crippen LogP) is 5.08. The molecule has 0 aliphatic carbocycles. The van der Waals surface area contributed by atoms with Gasteiger partial charge in [0.2, 0.25) is 17.8 Å². The topological polar surface area (TPSA) is 149 Å². The lowest BCUT2D eigenvalue weighted by molar-refractivity contribution is -0.253. The lowest BCUT2D eigenvalue weighted by Gasteiger charge is -2.40. The Morgan fingerprint density at radius 3 is 2.19 bits per heavy atom. The van der Waals surface area contributed by atoms with Gasteiger partial charge >= 0.3 is 0 Å². The third-order valence-electron chi connectivity index (χ3n) is 9.70. The molecule has 12 nitrogen and oxygen atoms in total. The van der Waals surface area contributed by atoms with Gasteiger partial charge in [-0.15, -0.1) is 0 Å². The van der Waals surface area contributed by atoms with Crippen molar-refractivity contribution in [2.24, 2.45) is 0 Å². The number of benzene rings is 3. The average Bonchev–Trinajstić information content (AvgIpc) is 3.20. The number of aromatic nitrogens is 2. The molecule has 274 valence electrons. The van der Waals surface area contributed by atoms with Gasteiger partial charge in [-0.25, -0.2) is 15.4 Å². The minimum Gasteiger partial charge on any atom is -0.392 e. The standard InChI is InChI=1S/C40H48N6O6/c47-28-29-11-13-31(14-12-29)36-25-34(27-45-21-23-46(24-22-45)40-41-19-6-20-42-40)51-39(52-36)32-17-15-30(16-18-32)35-8-5-4-7-33(35)26-43-37(48)9-2-1-3-10-38(49)44-50/h4-8,11-20,34,36,39,47,50H,1-3,9-10,21-28H2,(H,43,48)(H,44,49). The molecular formula is C40H48N6O6. The monoisotopic (exact) mass is 708 g/mol. The fourth-order valence-corrected chi connectivity index (χ4v) is 6.77. The molecule has 3 aromatic carbocycles. The summed E-state index contributed by atoms with van der Waals surface area (Å²) >= 11 is 0. The van der Waals surface area contributed by atoms with Crippen molar-refractivity contribution >= 4 is 17.8 Å². The van der Waals surface area contributed by atoms with Crippen molar-refractivity contribution in [3.8, 4) is 11.1 Å². The van der Waals surface area contributed by atoms with Gasteiger partial charge in [0.05, 0.1) is 18.8 Å². The number of hydrogen-bond acceptors (Lipinski definition) is 10. The second-order valence-electron chi connectivity index (χ2n) is 13.3. The highest BCUT2D eigenvalue weighted by atomic mass is 16.7. The van der Waals surface area contributed by atoms with Gasteiger partial charge in [-0.2, -0.15) is 0 Å². The molecule has 3 heterocycles. The van der Waals surface area contributed by atoms with Crippen LogP contribution in [-0.2, 0) is 32.2 Å². The number of amides is 2. The molecule has 2 aliphatic heterocycles. The number of unbranched alkanes of at least 4 members (excludes halogenated alkanes) is 2. The maximum atomic E-state index is 12.5. The number of ether oxygens (including phenoxy) is 2. The first-order valence-corrected chi connectivity index (χ1v) is 18.1. The van der Waals surface area contributed by atoms with E-state index in [1.165, 1.54) is 0 Å². The Labute approximate surface area is 304 Å². The first-order chi connectivity index (χ1) is 25.5. The molecule has 0 spiro atoms. The number of carbonyl (C=O) groups is 2. The van der Waals surface area contributed by atoms with E-state index in [1.54, 1.807) is 17.9 Å². The van der Waals surface area contributed by atoms with Crippen LogP contribution < -0.4 is 15.7 Å². The van der Waals surface area contributed by atoms with E-state index in [1.807, 2.05) is 48.5 Å². The lowest BCUT2D eigenvalue weighted by Crippen LogP contribution is -2.50. The van der Waals surface area contributed by atoms with Crippen LogP contribution in [0.15, 0.2) is 91.3 Å². The normalized spacial score (nSPS) is 19.3. The molecule has 3 atom stereocenters. The van der Waals surface area contributed by atoms with Crippen LogP contribution in [0, 0.1) is 0 Å². The Kier molecular flexibility index (Phi) is 13.3. The SMILES string of the molecule is O=C(CCCCCC(=O)NCc1ccccc1-c1ccc(C2OC(CN3CCN(c4ncccn4)CC3)CC(c3ccc(CO)cc3)O2)cc1)NO. The van der Waals surface area contributed by atoms with E-state index in [9.17, 15) is 14.7 Å². The Bertz CT molecular complexity index is 1720. The number of piperazine rings is 1. The van der Waals surface area contributed by atoms with E-state index in [0.717, 1.165) is 84.9 Å². The van der Waals surface area contributed by atoms with Crippen molar-refractivity contribution in [2.45, 2.75) is 70.2 Å². The van der Waals surface area contributed by atoms with Crippen molar-refractivity contribution in [1.82, 2.24) is 25.7 Å². The number of aliphatic hydroxyl groups excluding tert-OH is 1. The number of nitrogens with one attached hydrogen (secondary N) is 2. The number of rotatable bonds is 15. The Morgan fingerprint density at radius 2 is 1.48 bits per heavy atom. The van der Waals surface area contributed by atoms with Crippen LogP contribution in [0.5, 0.6) is 0 Å². The molecule has 6 rings (SSSR count). The highest BCUT2D eigenvalue weighted by Crippen LogP contribution is 2.39. The molecule has 0 saturated carbocycles. The van der Waals surface area contributed by atoms with E-state index in [4.69, 9.17) is 14.7 Å². The molecule has 2 fully saturated rings. The van der Waals surface area contributed by atoms with Gasteiger partial charge < -0.3 is 24.8 Å². The number of carbonyl (C=O) groups excluding carboxylic acids is 2. The molecule has 4 N–H and O–H groups in total. The summed E-state index contributed by atoms with van der Waals surface area (Å²) in [6.07, 6.45) is 6.16. The fraction of sp³-hybridized carbons (Fsp3) is 0.400. The van der Waals surface area contributed by atoms with Gasteiger partial charge in [0.1, 0.15) is 0 Å². The van der Waals surface area contributed by atoms with E-state index < -0.39 is 12.2 Å². The van der Waals surface area contributed by atoms with Gasteiger partial charge in [-0.05, 0) is 46.7 Å². The average molecular weight is 709 g/mol. The van der Waals surface area contributed by atoms with E-state index in [0.29, 0.717) is 25.8 Å². The first-order valence-electron chi connectivity index (χ1n) is 18.1. The Balaban J connectivity index is 1.09. The molecule has 4 aromatic rings. The van der Waals surface area contributed by atoms with Crippen LogP contribution in [0.1, 0.15) is 73.2 Å². The fourth-order valence-electron chi connectivity index (χ4n) is 6.77. The van der Waals surface area contributed by atoms with Gasteiger partial charge in [0.15, 0.2) is 6.29 Å². The highest BCUT2D eigenvalue weighted by Gasteiger charge is 2.34. The summed E-state index contributed by atoms with van der Waals surface area (Å²) in [5, 5.41) is 21.2.